The van der Waals surface area contributed by atoms with Crippen molar-refractivity contribution in [2.24, 2.45) is 0 Å². The zero-order valence-corrected chi connectivity index (χ0v) is 8.89. The third kappa shape index (κ3) is 4.81. The minimum Gasteiger partial charge on any atom is -0.480 e. The number of carboxylic acids is 1. The van der Waals surface area contributed by atoms with Crippen LogP contribution in [0, 0.1) is 0 Å². The normalized spacial score (nSPS) is 11.1. The second-order valence-corrected chi connectivity index (χ2v) is 3.58. The lowest BCUT2D eigenvalue weighted by Gasteiger charge is -2.20. The summed E-state index contributed by atoms with van der Waals surface area (Å²) in [4.78, 5) is 21.9. The predicted molar refractivity (Wildman–Crippen MR) is 53.0 cm³/mol. The minimum absolute atomic E-state index is 0.252. The van der Waals surface area contributed by atoms with Crippen LogP contribution in [0.1, 0.15) is 27.2 Å². The Morgan fingerprint density at radius 2 is 1.93 bits per heavy atom. The summed E-state index contributed by atoms with van der Waals surface area (Å²) in [6.45, 7) is 6.23. The molecule has 14 heavy (non-hydrogen) atoms. The summed E-state index contributed by atoms with van der Waals surface area (Å²) in [5.74, 6) is -1.28. The van der Waals surface area contributed by atoms with Crippen molar-refractivity contribution in [2.45, 2.75) is 32.7 Å². The van der Waals surface area contributed by atoms with E-state index >= 15 is 0 Å². The molecule has 0 aromatic heterocycles. The third-order valence-electron chi connectivity index (χ3n) is 1.77. The van der Waals surface area contributed by atoms with Gasteiger partial charge in [-0.15, -0.1) is 0 Å². The molecule has 0 aliphatic heterocycles. The fourth-order valence-electron chi connectivity index (χ4n) is 0.843. The molecule has 0 unspecified atom stereocenters. The Labute approximate surface area is 83.9 Å². The number of carbonyl (C=O) groups excluding carboxylic acids is 1. The molecule has 0 aromatic carbocycles. The van der Waals surface area contributed by atoms with E-state index in [0.29, 0.717) is 13.0 Å². The Morgan fingerprint density at radius 1 is 1.36 bits per heavy atom. The molecule has 0 atom stereocenters. The summed E-state index contributed by atoms with van der Waals surface area (Å²) in [6.07, 6.45) is 0.296. The van der Waals surface area contributed by atoms with Gasteiger partial charge in [0.2, 0.25) is 5.91 Å². The van der Waals surface area contributed by atoms with Crippen LogP contribution in [0.4, 0.5) is 0 Å². The largest absolute Gasteiger partial charge is 0.480 e. The number of hydrogen-bond donors (Lipinski definition) is 3. The first-order valence-corrected chi connectivity index (χ1v) is 4.65. The Kier molecular flexibility index (Phi) is 5.15. The molecule has 0 spiro atoms. The van der Waals surface area contributed by atoms with Crippen LogP contribution in [0.25, 0.3) is 0 Å². The van der Waals surface area contributed by atoms with Crippen LogP contribution >= 0.6 is 0 Å². The lowest BCUT2D eigenvalue weighted by Crippen LogP contribution is -2.50. The van der Waals surface area contributed by atoms with E-state index in [1.54, 1.807) is 0 Å². The van der Waals surface area contributed by atoms with Gasteiger partial charge in [0.05, 0.1) is 0 Å². The number of nitrogens with one attached hydrogen (secondary N) is 2. The standard InChI is InChI=1S/C9H18N2O3/c1-4-10-6-5-7(12)11-9(2,3)8(13)14/h10H,4-6H2,1-3H3,(H,11,12)(H,13,14). The van der Waals surface area contributed by atoms with Crippen LogP contribution in [0.5, 0.6) is 0 Å². The van der Waals surface area contributed by atoms with E-state index in [-0.39, 0.29) is 5.91 Å². The van der Waals surface area contributed by atoms with Gasteiger partial charge in [-0.05, 0) is 20.4 Å². The Bertz CT molecular complexity index is 214. The maximum absolute atomic E-state index is 11.2. The lowest BCUT2D eigenvalue weighted by molar-refractivity contribution is -0.146. The van der Waals surface area contributed by atoms with E-state index in [9.17, 15) is 9.59 Å². The van der Waals surface area contributed by atoms with Gasteiger partial charge in [0.15, 0.2) is 0 Å². The molecule has 0 saturated carbocycles. The summed E-state index contributed by atoms with van der Waals surface area (Å²) in [5.41, 5.74) is -1.19. The molecular weight excluding hydrogens is 184 g/mol. The zero-order valence-electron chi connectivity index (χ0n) is 8.89. The highest BCUT2D eigenvalue weighted by atomic mass is 16.4. The molecular formula is C9H18N2O3. The first-order valence-electron chi connectivity index (χ1n) is 4.65. The maximum Gasteiger partial charge on any atom is 0.328 e. The van der Waals surface area contributed by atoms with E-state index in [1.165, 1.54) is 13.8 Å². The van der Waals surface area contributed by atoms with Crippen LogP contribution in [-0.4, -0.2) is 35.6 Å². The van der Waals surface area contributed by atoms with Crippen molar-refractivity contribution in [1.82, 2.24) is 10.6 Å². The van der Waals surface area contributed by atoms with Gasteiger partial charge in [-0.1, -0.05) is 6.92 Å². The molecule has 3 N–H and O–H groups in total. The van der Waals surface area contributed by atoms with Crippen molar-refractivity contribution in [3.8, 4) is 0 Å². The molecule has 82 valence electrons. The SMILES string of the molecule is CCNCCC(=O)NC(C)(C)C(=O)O. The molecule has 1 amide bonds. The predicted octanol–water partition coefficient (Wildman–Crippen LogP) is -0.0346. The van der Waals surface area contributed by atoms with E-state index in [1.807, 2.05) is 6.92 Å². The summed E-state index contributed by atoms with van der Waals surface area (Å²) in [7, 11) is 0. The van der Waals surface area contributed by atoms with E-state index in [4.69, 9.17) is 5.11 Å². The van der Waals surface area contributed by atoms with Crippen LogP contribution in [0.3, 0.4) is 0 Å². The second kappa shape index (κ2) is 5.59. The lowest BCUT2D eigenvalue weighted by atomic mass is 10.1. The molecule has 0 aromatic rings. The van der Waals surface area contributed by atoms with Crippen molar-refractivity contribution in [3.05, 3.63) is 0 Å². The monoisotopic (exact) mass is 202 g/mol. The Morgan fingerprint density at radius 3 is 2.36 bits per heavy atom. The van der Waals surface area contributed by atoms with Gasteiger partial charge in [0.25, 0.3) is 0 Å². The molecule has 5 heteroatoms. The highest BCUT2D eigenvalue weighted by molar-refractivity contribution is 5.86. The number of hydrogen-bond acceptors (Lipinski definition) is 3. The van der Waals surface area contributed by atoms with E-state index in [0.717, 1.165) is 6.54 Å². The van der Waals surface area contributed by atoms with E-state index in [2.05, 4.69) is 10.6 Å². The van der Waals surface area contributed by atoms with Crippen molar-refractivity contribution in [2.75, 3.05) is 13.1 Å². The fourth-order valence-corrected chi connectivity index (χ4v) is 0.843. The third-order valence-corrected chi connectivity index (χ3v) is 1.77. The van der Waals surface area contributed by atoms with Crippen molar-refractivity contribution >= 4 is 11.9 Å². The van der Waals surface area contributed by atoms with Crippen molar-refractivity contribution in [3.63, 3.8) is 0 Å². The minimum atomic E-state index is -1.19. The smallest absolute Gasteiger partial charge is 0.328 e. The summed E-state index contributed by atoms with van der Waals surface area (Å²) in [6, 6.07) is 0. The number of amides is 1. The molecule has 0 aliphatic rings. The molecule has 0 aliphatic carbocycles. The average Bonchev–Trinajstić information content (AvgIpc) is 2.03. The molecule has 0 bridgehead atoms. The van der Waals surface area contributed by atoms with Crippen LogP contribution in [-0.2, 0) is 9.59 Å². The van der Waals surface area contributed by atoms with Gasteiger partial charge in [-0.2, -0.15) is 0 Å². The summed E-state index contributed by atoms with van der Waals surface area (Å²) in [5, 5.41) is 14.2. The first kappa shape index (κ1) is 12.9. The van der Waals surface area contributed by atoms with Gasteiger partial charge in [-0.25, -0.2) is 4.79 Å². The molecule has 5 nitrogen and oxygen atoms in total. The molecule has 0 rings (SSSR count). The molecule has 0 heterocycles. The number of rotatable bonds is 6. The highest BCUT2D eigenvalue weighted by Gasteiger charge is 2.28. The van der Waals surface area contributed by atoms with E-state index < -0.39 is 11.5 Å². The van der Waals surface area contributed by atoms with Gasteiger partial charge in [0.1, 0.15) is 5.54 Å². The number of aliphatic carboxylic acids is 1. The summed E-state index contributed by atoms with van der Waals surface area (Å²) < 4.78 is 0. The first-order chi connectivity index (χ1) is 6.40. The summed E-state index contributed by atoms with van der Waals surface area (Å²) >= 11 is 0. The van der Waals surface area contributed by atoms with Crippen LogP contribution in [0.2, 0.25) is 0 Å². The van der Waals surface area contributed by atoms with Crippen molar-refractivity contribution < 1.29 is 14.7 Å². The number of carboxylic acid groups (broad SMARTS) is 1. The molecule has 0 saturated heterocycles. The van der Waals surface area contributed by atoms with Gasteiger partial charge in [0, 0.05) is 13.0 Å². The maximum atomic E-state index is 11.2. The van der Waals surface area contributed by atoms with Gasteiger partial charge < -0.3 is 15.7 Å². The second-order valence-electron chi connectivity index (χ2n) is 3.58. The molecule has 0 radical (unpaired) electrons. The average molecular weight is 202 g/mol. The zero-order chi connectivity index (χ0) is 11.2. The quantitative estimate of drug-likeness (QED) is 0.528. The fraction of sp³-hybridized carbons (Fsp3) is 0.778. The molecule has 0 fully saturated rings. The van der Waals surface area contributed by atoms with Crippen LogP contribution < -0.4 is 10.6 Å². The Hall–Kier alpha value is -1.10. The Balaban J connectivity index is 3.88. The highest BCUT2D eigenvalue weighted by Crippen LogP contribution is 2.01. The van der Waals surface area contributed by atoms with Gasteiger partial charge in [-0.3, -0.25) is 4.79 Å². The number of carbonyl (C=O) groups is 2. The van der Waals surface area contributed by atoms with Gasteiger partial charge >= 0.3 is 5.97 Å². The topological polar surface area (TPSA) is 78.4 Å². The van der Waals surface area contributed by atoms with Crippen LogP contribution in [0.15, 0.2) is 0 Å². The van der Waals surface area contributed by atoms with Crippen molar-refractivity contribution in [1.29, 1.82) is 0 Å².